The summed E-state index contributed by atoms with van der Waals surface area (Å²) in [5, 5.41) is 0. The van der Waals surface area contributed by atoms with Gasteiger partial charge < -0.3 is 4.74 Å². The largest absolute Gasteiger partial charge is 0.372 e. The van der Waals surface area contributed by atoms with Crippen LogP contribution >= 0.6 is 0 Å². The molecule has 0 N–H and O–H groups in total. The van der Waals surface area contributed by atoms with E-state index < -0.39 is 0 Å². The molecule has 11 heavy (non-hydrogen) atoms. The molecule has 0 bridgehead atoms. The molecule has 1 saturated heterocycles. The van der Waals surface area contributed by atoms with Crippen LogP contribution in [0.5, 0.6) is 0 Å². The molecule has 1 aliphatic rings. The van der Waals surface area contributed by atoms with E-state index in [1.54, 1.807) is 0 Å². The summed E-state index contributed by atoms with van der Waals surface area (Å²) < 4.78 is 5.89. The lowest BCUT2D eigenvalue weighted by molar-refractivity contribution is -0.153. The molecular formula is C10H20O. The molecule has 1 heteroatoms. The number of hydrogen-bond donors (Lipinski definition) is 0. The summed E-state index contributed by atoms with van der Waals surface area (Å²) in [7, 11) is 0. The Morgan fingerprint density at radius 3 is 2.00 bits per heavy atom. The van der Waals surface area contributed by atoms with Crippen LogP contribution in [0.4, 0.5) is 0 Å². The van der Waals surface area contributed by atoms with Gasteiger partial charge in [-0.2, -0.15) is 0 Å². The van der Waals surface area contributed by atoms with Crippen molar-refractivity contribution in [2.45, 2.75) is 59.2 Å². The molecule has 0 aromatic rings. The minimum atomic E-state index is 0.106. The Labute approximate surface area is 70.1 Å². The van der Waals surface area contributed by atoms with Gasteiger partial charge in [-0.3, -0.25) is 0 Å². The first-order valence-electron chi connectivity index (χ1n) is 4.51. The second-order valence-corrected chi connectivity index (χ2v) is 5.01. The number of hydrogen-bond acceptors (Lipinski definition) is 1. The summed E-state index contributed by atoms with van der Waals surface area (Å²) in [6.07, 6.45) is 2.86. The fourth-order valence-electron chi connectivity index (χ4n) is 1.52. The van der Waals surface area contributed by atoms with Crippen LogP contribution in [-0.4, -0.2) is 11.7 Å². The van der Waals surface area contributed by atoms with Crippen LogP contribution in [0.3, 0.4) is 0 Å². The zero-order chi connectivity index (χ0) is 8.70. The maximum Gasteiger partial charge on any atom is 0.0630 e. The number of rotatable bonds is 0. The minimum Gasteiger partial charge on any atom is -0.372 e. The van der Waals surface area contributed by atoms with E-state index >= 15 is 0 Å². The smallest absolute Gasteiger partial charge is 0.0630 e. The molecule has 0 aliphatic carbocycles. The zero-order valence-corrected chi connectivity index (χ0v) is 8.40. The van der Waals surface area contributed by atoms with Crippen molar-refractivity contribution >= 4 is 0 Å². The predicted molar refractivity (Wildman–Crippen MR) is 47.6 cm³/mol. The van der Waals surface area contributed by atoms with Crippen LogP contribution < -0.4 is 0 Å². The standard InChI is InChI=1S/C10H20O/c1-8-9(2,3)6-7-10(4,5)11-8/h8H,6-7H2,1-5H3/t8-/m0/s1. The first-order valence-corrected chi connectivity index (χ1v) is 4.51. The highest BCUT2D eigenvalue weighted by atomic mass is 16.5. The highest BCUT2D eigenvalue weighted by Gasteiger charge is 2.37. The molecule has 0 aromatic carbocycles. The second kappa shape index (κ2) is 2.48. The van der Waals surface area contributed by atoms with E-state index in [1.807, 2.05) is 0 Å². The lowest BCUT2D eigenvalue weighted by Gasteiger charge is -2.44. The van der Waals surface area contributed by atoms with E-state index in [2.05, 4.69) is 34.6 Å². The van der Waals surface area contributed by atoms with Crippen LogP contribution in [-0.2, 0) is 4.74 Å². The van der Waals surface area contributed by atoms with Gasteiger partial charge in [-0.1, -0.05) is 13.8 Å². The lowest BCUT2D eigenvalue weighted by atomic mass is 9.77. The molecule has 1 rings (SSSR count). The van der Waals surface area contributed by atoms with Gasteiger partial charge in [0.1, 0.15) is 0 Å². The third kappa shape index (κ3) is 1.96. The van der Waals surface area contributed by atoms with Crippen molar-refractivity contribution in [3.8, 4) is 0 Å². The molecule has 0 radical (unpaired) electrons. The van der Waals surface area contributed by atoms with Gasteiger partial charge >= 0.3 is 0 Å². The Bertz CT molecular complexity index is 147. The molecule has 66 valence electrons. The summed E-state index contributed by atoms with van der Waals surface area (Å²) >= 11 is 0. The van der Waals surface area contributed by atoms with E-state index in [4.69, 9.17) is 4.74 Å². The van der Waals surface area contributed by atoms with Crippen molar-refractivity contribution < 1.29 is 4.74 Å². The summed E-state index contributed by atoms with van der Waals surface area (Å²) in [6, 6.07) is 0. The van der Waals surface area contributed by atoms with Crippen molar-refractivity contribution in [3.05, 3.63) is 0 Å². The van der Waals surface area contributed by atoms with E-state index in [9.17, 15) is 0 Å². The molecule has 1 fully saturated rings. The van der Waals surface area contributed by atoms with Gasteiger partial charge in [-0.15, -0.1) is 0 Å². The maximum atomic E-state index is 5.89. The van der Waals surface area contributed by atoms with Crippen LogP contribution in [0.25, 0.3) is 0 Å². The average molecular weight is 156 g/mol. The molecule has 0 saturated carbocycles. The van der Waals surface area contributed by atoms with Gasteiger partial charge in [0.05, 0.1) is 11.7 Å². The zero-order valence-electron chi connectivity index (χ0n) is 8.40. The Balaban J connectivity index is 2.63. The predicted octanol–water partition coefficient (Wildman–Crippen LogP) is 2.99. The Morgan fingerprint density at radius 2 is 1.64 bits per heavy atom. The fraction of sp³-hybridized carbons (Fsp3) is 1.00. The fourth-order valence-corrected chi connectivity index (χ4v) is 1.52. The topological polar surface area (TPSA) is 9.23 Å². The van der Waals surface area contributed by atoms with Crippen molar-refractivity contribution in [2.75, 3.05) is 0 Å². The SMILES string of the molecule is C[C@@H]1OC(C)(C)CCC1(C)C. The molecular weight excluding hydrogens is 136 g/mol. The highest BCUT2D eigenvalue weighted by Crippen LogP contribution is 2.39. The molecule has 0 spiro atoms. The van der Waals surface area contributed by atoms with Crippen molar-refractivity contribution in [1.82, 2.24) is 0 Å². The molecule has 1 heterocycles. The molecule has 1 atom stereocenters. The van der Waals surface area contributed by atoms with Gasteiger partial charge in [0.15, 0.2) is 0 Å². The van der Waals surface area contributed by atoms with Crippen LogP contribution in [0.1, 0.15) is 47.5 Å². The van der Waals surface area contributed by atoms with E-state index in [1.165, 1.54) is 12.8 Å². The highest BCUT2D eigenvalue weighted by molar-refractivity contribution is 4.87. The van der Waals surface area contributed by atoms with Crippen molar-refractivity contribution in [1.29, 1.82) is 0 Å². The van der Waals surface area contributed by atoms with Gasteiger partial charge in [0, 0.05) is 0 Å². The van der Waals surface area contributed by atoms with Crippen LogP contribution in [0.2, 0.25) is 0 Å². The maximum absolute atomic E-state index is 5.89. The number of ether oxygens (including phenoxy) is 1. The first-order chi connectivity index (χ1) is 4.83. The summed E-state index contributed by atoms with van der Waals surface area (Å²) in [5.41, 5.74) is 0.477. The quantitative estimate of drug-likeness (QED) is 0.524. The third-order valence-electron chi connectivity index (χ3n) is 2.97. The minimum absolute atomic E-state index is 0.106. The lowest BCUT2D eigenvalue weighted by Crippen LogP contribution is -2.43. The van der Waals surface area contributed by atoms with Gasteiger partial charge in [0.2, 0.25) is 0 Å². The monoisotopic (exact) mass is 156 g/mol. The molecule has 0 amide bonds. The van der Waals surface area contributed by atoms with Crippen LogP contribution in [0, 0.1) is 5.41 Å². The van der Waals surface area contributed by atoms with Gasteiger partial charge in [-0.05, 0) is 39.0 Å². The molecule has 0 unspecified atom stereocenters. The van der Waals surface area contributed by atoms with E-state index in [0.29, 0.717) is 11.5 Å². The van der Waals surface area contributed by atoms with Crippen LogP contribution in [0.15, 0.2) is 0 Å². The molecule has 1 aliphatic heterocycles. The van der Waals surface area contributed by atoms with Gasteiger partial charge in [-0.25, -0.2) is 0 Å². The second-order valence-electron chi connectivity index (χ2n) is 5.01. The summed E-state index contributed by atoms with van der Waals surface area (Å²) in [5.74, 6) is 0. The van der Waals surface area contributed by atoms with Gasteiger partial charge in [0.25, 0.3) is 0 Å². The summed E-state index contributed by atoms with van der Waals surface area (Å²) in [4.78, 5) is 0. The Kier molecular flexibility index (Phi) is 2.04. The van der Waals surface area contributed by atoms with E-state index in [-0.39, 0.29) is 5.60 Å². The Morgan fingerprint density at radius 1 is 1.09 bits per heavy atom. The Hall–Kier alpha value is -0.0400. The van der Waals surface area contributed by atoms with Crippen molar-refractivity contribution in [2.24, 2.45) is 5.41 Å². The normalized spacial score (nSPS) is 35.2. The summed E-state index contributed by atoms with van der Waals surface area (Å²) in [6.45, 7) is 11.1. The molecule has 1 nitrogen and oxygen atoms in total. The molecule has 0 aromatic heterocycles. The van der Waals surface area contributed by atoms with Crippen molar-refractivity contribution in [3.63, 3.8) is 0 Å². The first kappa shape index (κ1) is 9.05. The van der Waals surface area contributed by atoms with E-state index in [0.717, 1.165) is 0 Å². The average Bonchev–Trinajstić information content (AvgIpc) is 1.81. The third-order valence-corrected chi connectivity index (χ3v) is 2.97.